The first kappa shape index (κ1) is 23.8. The monoisotopic (exact) mass is 517 g/mol. The molecule has 0 bridgehead atoms. The van der Waals surface area contributed by atoms with Crippen LogP contribution < -0.4 is 4.90 Å². The van der Waals surface area contributed by atoms with Crippen LogP contribution in [0, 0.1) is 6.92 Å². The minimum absolute atomic E-state index is 0.292. The number of para-hydroxylation sites is 3. The molecule has 0 saturated carbocycles. The number of ether oxygens (including phenoxy) is 1. The van der Waals surface area contributed by atoms with Gasteiger partial charge in [-0.3, -0.25) is 9.69 Å². The van der Waals surface area contributed by atoms with Crippen LogP contribution in [0.5, 0.6) is 0 Å². The van der Waals surface area contributed by atoms with E-state index in [1.807, 2.05) is 110 Å². The Morgan fingerprint density at radius 2 is 1.39 bits per heavy atom. The average molecular weight is 518 g/mol. The summed E-state index contributed by atoms with van der Waals surface area (Å²) in [6.07, 6.45) is 1.65. The Balaban J connectivity index is 1.30. The van der Waals surface area contributed by atoms with Crippen molar-refractivity contribution in [3.63, 3.8) is 0 Å². The van der Waals surface area contributed by atoms with Gasteiger partial charge in [0.15, 0.2) is 6.61 Å². The maximum absolute atomic E-state index is 13.5. The zero-order valence-corrected chi connectivity index (χ0v) is 21.4. The van der Waals surface area contributed by atoms with Gasteiger partial charge in [0.2, 0.25) is 0 Å². The average Bonchev–Trinajstić information content (AvgIpc) is 3.41. The number of carbonyl (C=O) groups is 2. The summed E-state index contributed by atoms with van der Waals surface area (Å²) in [6.45, 7) is 1.60. The second-order valence-electron chi connectivity index (χ2n) is 8.88. The van der Waals surface area contributed by atoms with Gasteiger partial charge in [0, 0.05) is 21.6 Å². The minimum atomic E-state index is -0.607. The highest BCUT2D eigenvalue weighted by atomic mass is 32.2. The van der Waals surface area contributed by atoms with E-state index in [9.17, 15) is 9.59 Å². The predicted octanol–water partition coefficient (Wildman–Crippen LogP) is 6.83. The van der Waals surface area contributed by atoms with Gasteiger partial charge in [-0.2, -0.15) is 5.10 Å². The molecule has 4 aromatic carbocycles. The lowest BCUT2D eigenvalue weighted by Gasteiger charge is -2.30. The van der Waals surface area contributed by atoms with Crippen LogP contribution in [-0.4, -0.2) is 28.3 Å². The number of fused-ring (bicyclic) bond motifs is 2. The van der Waals surface area contributed by atoms with Crippen LogP contribution in [0.25, 0.3) is 16.9 Å². The molecule has 0 radical (unpaired) electrons. The lowest BCUT2D eigenvalue weighted by atomic mass is 10.1. The molecular formula is C31H23N3O3S. The molecule has 1 aliphatic heterocycles. The second-order valence-corrected chi connectivity index (χ2v) is 9.96. The second kappa shape index (κ2) is 10.0. The van der Waals surface area contributed by atoms with Crippen molar-refractivity contribution in [2.45, 2.75) is 16.7 Å². The van der Waals surface area contributed by atoms with Crippen molar-refractivity contribution in [3.05, 3.63) is 120 Å². The molecule has 0 saturated heterocycles. The predicted molar refractivity (Wildman–Crippen MR) is 148 cm³/mol. The fourth-order valence-electron chi connectivity index (χ4n) is 4.40. The van der Waals surface area contributed by atoms with Gasteiger partial charge in [0.1, 0.15) is 11.3 Å². The smallest absolute Gasteiger partial charge is 0.342 e. The van der Waals surface area contributed by atoms with E-state index in [1.54, 1.807) is 27.5 Å². The Hall–Kier alpha value is -4.62. The van der Waals surface area contributed by atoms with Gasteiger partial charge in [-0.05, 0) is 43.3 Å². The van der Waals surface area contributed by atoms with Crippen molar-refractivity contribution in [2.24, 2.45) is 0 Å². The molecule has 38 heavy (non-hydrogen) atoms. The van der Waals surface area contributed by atoms with Gasteiger partial charge in [0.25, 0.3) is 5.91 Å². The number of hydrogen-bond donors (Lipinski definition) is 0. The number of anilines is 2. The zero-order chi connectivity index (χ0) is 26.1. The van der Waals surface area contributed by atoms with E-state index >= 15 is 0 Å². The normalized spacial score (nSPS) is 12.0. The molecule has 6 nitrogen and oxygen atoms in total. The molecule has 1 amide bonds. The third kappa shape index (κ3) is 4.48. The fourth-order valence-corrected chi connectivity index (χ4v) is 5.46. The van der Waals surface area contributed by atoms with E-state index in [0.29, 0.717) is 11.3 Å². The highest BCUT2D eigenvalue weighted by molar-refractivity contribution is 7.99. The number of rotatable bonds is 5. The quantitative estimate of drug-likeness (QED) is 0.239. The molecule has 1 aliphatic rings. The summed E-state index contributed by atoms with van der Waals surface area (Å²) < 4.78 is 7.27. The number of benzene rings is 4. The standard InChI is InChI=1S/C31H23N3O3S/c1-21-15-17-22(18-16-21)30-24(19-33(32-30)23-9-3-2-4-10-23)31(36)37-20-29(35)34-25-11-5-7-13-27(25)38-28-14-8-6-12-26(28)34/h2-19H,20H2,1H3. The molecule has 0 fully saturated rings. The maximum Gasteiger partial charge on any atom is 0.342 e. The summed E-state index contributed by atoms with van der Waals surface area (Å²) in [5, 5.41) is 4.70. The third-order valence-corrected chi connectivity index (χ3v) is 7.42. The zero-order valence-electron chi connectivity index (χ0n) is 20.6. The van der Waals surface area contributed by atoms with Gasteiger partial charge in [-0.15, -0.1) is 0 Å². The van der Waals surface area contributed by atoms with Crippen LogP contribution in [0.3, 0.4) is 0 Å². The van der Waals surface area contributed by atoms with Crippen molar-refractivity contribution in [1.29, 1.82) is 0 Å². The minimum Gasteiger partial charge on any atom is -0.452 e. The molecule has 6 rings (SSSR count). The number of aromatic nitrogens is 2. The Bertz CT molecular complexity index is 1600. The Kier molecular flexibility index (Phi) is 6.27. The van der Waals surface area contributed by atoms with E-state index in [4.69, 9.17) is 9.84 Å². The van der Waals surface area contributed by atoms with E-state index in [2.05, 4.69) is 0 Å². The van der Waals surface area contributed by atoms with Crippen LogP contribution >= 0.6 is 11.8 Å². The molecule has 1 aromatic heterocycles. The SMILES string of the molecule is Cc1ccc(-c2nn(-c3ccccc3)cc2C(=O)OCC(=O)N2c3ccccc3Sc3ccccc32)cc1. The number of amides is 1. The molecule has 2 heterocycles. The molecular weight excluding hydrogens is 494 g/mol. The van der Waals surface area contributed by atoms with Gasteiger partial charge in [-0.25, -0.2) is 9.48 Å². The summed E-state index contributed by atoms with van der Waals surface area (Å²) in [5.74, 6) is -0.935. The summed E-state index contributed by atoms with van der Waals surface area (Å²) in [6, 6.07) is 32.8. The lowest BCUT2D eigenvalue weighted by molar-refractivity contribution is -0.121. The van der Waals surface area contributed by atoms with Crippen LogP contribution in [0.4, 0.5) is 11.4 Å². The first-order valence-corrected chi connectivity index (χ1v) is 13.0. The summed E-state index contributed by atoms with van der Waals surface area (Å²) in [7, 11) is 0. The largest absolute Gasteiger partial charge is 0.452 e. The Morgan fingerprint density at radius 1 is 0.789 bits per heavy atom. The van der Waals surface area contributed by atoms with Crippen molar-refractivity contribution in [3.8, 4) is 16.9 Å². The molecule has 0 atom stereocenters. The van der Waals surface area contributed by atoms with Crippen molar-refractivity contribution in [1.82, 2.24) is 9.78 Å². The molecule has 186 valence electrons. The van der Waals surface area contributed by atoms with E-state index in [0.717, 1.165) is 38.0 Å². The van der Waals surface area contributed by atoms with Crippen molar-refractivity contribution in [2.75, 3.05) is 11.5 Å². The van der Waals surface area contributed by atoms with Crippen molar-refractivity contribution >= 4 is 35.0 Å². The van der Waals surface area contributed by atoms with Crippen LogP contribution in [0.1, 0.15) is 15.9 Å². The molecule has 7 heteroatoms. The summed E-state index contributed by atoms with van der Waals surface area (Å²) in [4.78, 5) is 30.4. The Morgan fingerprint density at radius 3 is 2.05 bits per heavy atom. The first-order valence-electron chi connectivity index (χ1n) is 12.2. The number of nitrogens with zero attached hydrogens (tertiary/aromatic N) is 3. The Labute approximate surface area is 224 Å². The molecule has 0 aliphatic carbocycles. The third-order valence-electron chi connectivity index (χ3n) is 6.29. The highest BCUT2D eigenvalue weighted by Crippen LogP contribution is 2.47. The summed E-state index contributed by atoms with van der Waals surface area (Å²) >= 11 is 1.61. The van der Waals surface area contributed by atoms with E-state index in [1.165, 1.54) is 0 Å². The van der Waals surface area contributed by atoms with Crippen LogP contribution in [0.15, 0.2) is 119 Å². The molecule has 5 aromatic rings. The summed E-state index contributed by atoms with van der Waals surface area (Å²) in [5.41, 5.74) is 5.04. The first-order chi connectivity index (χ1) is 18.6. The molecule has 0 spiro atoms. The van der Waals surface area contributed by atoms with Gasteiger partial charge in [-0.1, -0.05) is 84.1 Å². The van der Waals surface area contributed by atoms with Gasteiger partial charge >= 0.3 is 5.97 Å². The fraction of sp³-hybridized carbons (Fsp3) is 0.0645. The topological polar surface area (TPSA) is 64.4 Å². The highest BCUT2D eigenvalue weighted by Gasteiger charge is 2.29. The maximum atomic E-state index is 13.5. The van der Waals surface area contributed by atoms with Gasteiger partial charge < -0.3 is 4.74 Å². The van der Waals surface area contributed by atoms with E-state index < -0.39 is 12.6 Å². The number of aryl methyl sites for hydroxylation is 1. The number of carbonyl (C=O) groups excluding carboxylic acids is 2. The number of esters is 1. The van der Waals surface area contributed by atoms with Crippen LogP contribution in [0.2, 0.25) is 0 Å². The van der Waals surface area contributed by atoms with E-state index in [-0.39, 0.29) is 5.91 Å². The molecule has 0 unspecified atom stereocenters. The van der Waals surface area contributed by atoms with Gasteiger partial charge in [0.05, 0.1) is 17.1 Å². The number of hydrogen-bond acceptors (Lipinski definition) is 5. The lowest BCUT2D eigenvalue weighted by Crippen LogP contribution is -2.32. The molecule has 0 N–H and O–H groups in total. The van der Waals surface area contributed by atoms with Crippen molar-refractivity contribution < 1.29 is 14.3 Å². The van der Waals surface area contributed by atoms with Crippen LogP contribution in [-0.2, 0) is 9.53 Å².